The largest absolute Gasteiger partial charge is 0.460 e. The highest BCUT2D eigenvalue weighted by molar-refractivity contribution is 5.58. The molecule has 0 N–H and O–H groups in total. The molecule has 1 atom stereocenters. The van der Waals surface area contributed by atoms with Gasteiger partial charge in [0, 0.05) is 11.5 Å². The first-order valence-corrected chi connectivity index (χ1v) is 6.74. The van der Waals surface area contributed by atoms with Gasteiger partial charge in [-0.15, -0.1) is 0 Å². The van der Waals surface area contributed by atoms with Gasteiger partial charge >= 0.3 is 0 Å². The van der Waals surface area contributed by atoms with Crippen LogP contribution in [0.2, 0.25) is 0 Å². The highest BCUT2D eigenvalue weighted by Gasteiger charge is 2.14. The van der Waals surface area contributed by atoms with Crippen LogP contribution >= 0.6 is 0 Å². The van der Waals surface area contributed by atoms with Gasteiger partial charge in [-0.05, 0) is 32.4 Å². The summed E-state index contributed by atoms with van der Waals surface area (Å²) < 4.78 is 6.00. The van der Waals surface area contributed by atoms with Crippen LogP contribution in [0.5, 0.6) is 0 Å². The van der Waals surface area contributed by atoms with E-state index in [1.54, 1.807) is 0 Å². The summed E-state index contributed by atoms with van der Waals surface area (Å²) in [5.41, 5.74) is 3.75. The molecule has 2 aromatic rings. The highest BCUT2D eigenvalue weighted by Crippen LogP contribution is 2.31. The van der Waals surface area contributed by atoms with Gasteiger partial charge in [0.1, 0.15) is 11.5 Å². The molecule has 3 rings (SSSR count). The normalized spacial score (nSPS) is 18.4. The van der Waals surface area contributed by atoms with Crippen LogP contribution < -0.4 is 0 Å². The van der Waals surface area contributed by atoms with E-state index >= 15 is 0 Å². The maximum atomic E-state index is 6.00. The fraction of sp³-hybridized carbons (Fsp3) is 0.222. The summed E-state index contributed by atoms with van der Waals surface area (Å²) in [6.45, 7) is 4.23. The van der Waals surface area contributed by atoms with Crippen LogP contribution in [-0.2, 0) is 0 Å². The van der Waals surface area contributed by atoms with Gasteiger partial charge in [0.2, 0.25) is 0 Å². The zero-order valence-corrected chi connectivity index (χ0v) is 11.4. The molecule has 0 saturated carbocycles. The van der Waals surface area contributed by atoms with E-state index in [4.69, 9.17) is 4.42 Å². The Bertz CT molecular complexity index is 626. The van der Waals surface area contributed by atoms with Crippen molar-refractivity contribution < 1.29 is 4.42 Å². The van der Waals surface area contributed by atoms with Gasteiger partial charge in [0.05, 0.1) is 0 Å². The van der Waals surface area contributed by atoms with E-state index in [-0.39, 0.29) is 0 Å². The Kier molecular flexibility index (Phi) is 3.12. The van der Waals surface area contributed by atoms with Crippen molar-refractivity contribution in [2.75, 3.05) is 0 Å². The molecule has 0 amide bonds. The fourth-order valence-electron chi connectivity index (χ4n) is 2.36. The lowest BCUT2D eigenvalue weighted by molar-refractivity contribution is 0.501. The SMILES string of the molecule is CC1=CCC(c2ccc(-c3ccc(C)cc3)o2)C=C1. The Labute approximate surface area is 114 Å². The lowest BCUT2D eigenvalue weighted by atomic mass is 9.95. The molecule has 1 unspecified atom stereocenters. The summed E-state index contributed by atoms with van der Waals surface area (Å²) in [6.07, 6.45) is 7.69. The second-order valence-corrected chi connectivity index (χ2v) is 5.22. The Balaban J connectivity index is 1.84. The summed E-state index contributed by atoms with van der Waals surface area (Å²) in [5.74, 6) is 2.38. The number of furan rings is 1. The minimum Gasteiger partial charge on any atom is -0.460 e. The molecule has 19 heavy (non-hydrogen) atoms. The van der Waals surface area contributed by atoms with Crippen LogP contribution in [0.3, 0.4) is 0 Å². The predicted octanol–water partition coefficient (Wildman–Crippen LogP) is 5.24. The van der Waals surface area contributed by atoms with Crippen LogP contribution in [-0.4, -0.2) is 0 Å². The molecule has 1 aromatic heterocycles. The standard InChI is InChI=1S/C18H18O/c1-13-3-7-15(8-4-13)17-11-12-18(19-17)16-9-5-14(2)6-10-16/h3-9,11-12,16H,10H2,1-2H3. The Morgan fingerprint density at radius 3 is 2.47 bits per heavy atom. The molecule has 0 radical (unpaired) electrons. The topological polar surface area (TPSA) is 13.1 Å². The second kappa shape index (κ2) is 4.93. The van der Waals surface area contributed by atoms with E-state index < -0.39 is 0 Å². The maximum Gasteiger partial charge on any atom is 0.134 e. The van der Waals surface area contributed by atoms with E-state index in [2.05, 4.69) is 68.5 Å². The van der Waals surface area contributed by atoms with Crippen molar-refractivity contribution in [2.24, 2.45) is 0 Å². The van der Waals surface area contributed by atoms with Crippen LogP contribution in [0.25, 0.3) is 11.3 Å². The molecule has 1 heteroatoms. The first kappa shape index (κ1) is 12.0. The molecule has 96 valence electrons. The van der Waals surface area contributed by atoms with Crippen LogP contribution in [0.4, 0.5) is 0 Å². The molecule has 1 heterocycles. The quantitative estimate of drug-likeness (QED) is 0.710. The molecular formula is C18H18O. The Morgan fingerprint density at radius 2 is 1.79 bits per heavy atom. The third-order valence-corrected chi connectivity index (χ3v) is 3.61. The summed E-state index contributed by atoms with van der Waals surface area (Å²) in [4.78, 5) is 0. The lowest BCUT2D eigenvalue weighted by Crippen LogP contribution is -1.95. The van der Waals surface area contributed by atoms with Crippen molar-refractivity contribution in [3.63, 3.8) is 0 Å². The van der Waals surface area contributed by atoms with E-state index in [9.17, 15) is 0 Å². The monoisotopic (exact) mass is 250 g/mol. The zero-order valence-electron chi connectivity index (χ0n) is 11.4. The van der Waals surface area contributed by atoms with Crippen LogP contribution in [0.1, 0.15) is 30.6 Å². The zero-order chi connectivity index (χ0) is 13.2. The molecule has 0 spiro atoms. The number of benzene rings is 1. The first-order valence-electron chi connectivity index (χ1n) is 6.74. The highest BCUT2D eigenvalue weighted by atomic mass is 16.3. The molecule has 1 aromatic carbocycles. The van der Waals surface area contributed by atoms with E-state index in [0.29, 0.717) is 5.92 Å². The smallest absolute Gasteiger partial charge is 0.134 e. The average Bonchev–Trinajstić information content (AvgIpc) is 2.90. The molecule has 1 aliphatic rings. The number of hydrogen-bond acceptors (Lipinski definition) is 1. The van der Waals surface area contributed by atoms with Crippen molar-refractivity contribution in [3.05, 3.63) is 71.5 Å². The van der Waals surface area contributed by atoms with Crippen molar-refractivity contribution in [1.29, 1.82) is 0 Å². The number of aryl methyl sites for hydroxylation is 1. The summed E-state index contributed by atoms with van der Waals surface area (Å²) >= 11 is 0. The van der Waals surface area contributed by atoms with Gasteiger partial charge in [-0.2, -0.15) is 0 Å². The van der Waals surface area contributed by atoms with Crippen molar-refractivity contribution in [2.45, 2.75) is 26.2 Å². The maximum absolute atomic E-state index is 6.00. The second-order valence-electron chi connectivity index (χ2n) is 5.22. The molecule has 0 fully saturated rings. The number of hydrogen-bond donors (Lipinski definition) is 0. The van der Waals surface area contributed by atoms with Crippen molar-refractivity contribution >= 4 is 0 Å². The number of rotatable bonds is 2. The van der Waals surface area contributed by atoms with Crippen LogP contribution in [0, 0.1) is 6.92 Å². The van der Waals surface area contributed by atoms with Gasteiger partial charge < -0.3 is 4.42 Å². The molecule has 0 bridgehead atoms. The first-order chi connectivity index (χ1) is 9.22. The van der Waals surface area contributed by atoms with Gasteiger partial charge in [-0.25, -0.2) is 0 Å². The minimum absolute atomic E-state index is 0.378. The van der Waals surface area contributed by atoms with Crippen molar-refractivity contribution in [1.82, 2.24) is 0 Å². The predicted molar refractivity (Wildman–Crippen MR) is 79.1 cm³/mol. The van der Waals surface area contributed by atoms with Gasteiger partial charge in [-0.1, -0.05) is 53.6 Å². The third-order valence-electron chi connectivity index (χ3n) is 3.61. The van der Waals surface area contributed by atoms with E-state index in [0.717, 1.165) is 23.5 Å². The summed E-state index contributed by atoms with van der Waals surface area (Å²) in [7, 11) is 0. The molecule has 1 aliphatic carbocycles. The van der Waals surface area contributed by atoms with Crippen LogP contribution in [0.15, 0.2) is 64.6 Å². The van der Waals surface area contributed by atoms with Crippen molar-refractivity contribution in [3.8, 4) is 11.3 Å². The Morgan fingerprint density at radius 1 is 1.00 bits per heavy atom. The Hall–Kier alpha value is -2.02. The van der Waals surface area contributed by atoms with Gasteiger partial charge in [-0.3, -0.25) is 0 Å². The van der Waals surface area contributed by atoms with E-state index in [1.165, 1.54) is 11.1 Å². The molecular weight excluding hydrogens is 232 g/mol. The van der Waals surface area contributed by atoms with Gasteiger partial charge in [0.25, 0.3) is 0 Å². The minimum atomic E-state index is 0.378. The fourth-order valence-corrected chi connectivity index (χ4v) is 2.36. The molecule has 0 aliphatic heterocycles. The molecule has 0 saturated heterocycles. The number of allylic oxidation sites excluding steroid dienone is 4. The summed E-state index contributed by atoms with van der Waals surface area (Å²) in [6, 6.07) is 12.6. The van der Waals surface area contributed by atoms with Gasteiger partial charge in [0.15, 0.2) is 0 Å². The lowest BCUT2D eigenvalue weighted by Gasteiger charge is -2.11. The summed E-state index contributed by atoms with van der Waals surface area (Å²) in [5, 5.41) is 0. The average molecular weight is 250 g/mol. The third kappa shape index (κ3) is 2.55. The van der Waals surface area contributed by atoms with E-state index in [1.807, 2.05) is 0 Å². The molecule has 1 nitrogen and oxygen atoms in total.